The van der Waals surface area contributed by atoms with Gasteiger partial charge in [-0.05, 0) is 0 Å². The Morgan fingerprint density at radius 3 is 2.08 bits per heavy atom. The molecule has 9 N–H and O–H groups in total. The van der Waals surface area contributed by atoms with Gasteiger partial charge in [-0.2, -0.15) is 0 Å². The molecular weight excluding hydrogens is 336 g/mol. The van der Waals surface area contributed by atoms with E-state index in [1.54, 1.807) is 0 Å². The Balaban J connectivity index is 2.94. The lowest BCUT2D eigenvalue weighted by molar-refractivity contribution is -0.326. The van der Waals surface area contributed by atoms with E-state index in [4.69, 9.17) is 24.8 Å². The number of aliphatic carboxylic acids is 1. The second-order valence-corrected chi connectivity index (χ2v) is 5.32. The summed E-state index contributed by atoms with van der Waals surface area (Å²) < 4.78 is 9.98. The van der Waals surface area contributed by atoms with Gasteiger partial charge in [-0.1, -0.05) is 0 Å². The molecule has 0 aromatic carbocycles. The molecule has 1 heterocycles. The van der Waals surface area contributed by atoms with E-state index in [-0.39, 0.29) is 0 Å². The van der Waals surface area contributed by atoms with Crippen molar-refractivity contribution in [2.75, 3.05) is 13.2 Å². The van der Waals surface area contributed by atoms with Gasteiger partial charge in [0.05, 0.1) is 13.2 Å². The van der Waals surface area contributed by atoms with Crippen molar-refractivity contribution in [2.45, 2.75) is 55.1 Å². The van der Waals surface area contributed by atoms with Crippen molar-refractivity contribution < 1.29 is 60.2 Å². The summed E-state index contributed by atoms with van der Waals surface area (Å²) in [5.74, 6) is -1.84. The Morgan fingerprint density at radius 2 is 1.62 bits per heavy atom. The predicted molar refractivity (Wildman–Crippen MR) is 71.4 cm³/mol. The van der Waals surface area contributed by atoms with Gasteiger partial charge < -0.3 is 55.4 Å². The molecule has 0 aliphatic carbocycles. The lowest BCUT2D eigenvalue weighted by Crippen LogP contribution is -2.61. The van der Waals surface area contributed by atoms with Gasteiger partial charge in [-0.25, -0.2) is 4.79 Å². The van der Waals surface area contributed by atoms with Crippen molar-refractivity contribution in [2.24, 2.45) is 0 Å². The second kappa shape index (κ2) is 8.96. The zero-order chi connectivity index (χ0) is 18.6. The Hall–Kier alpha value is -0.930. The summed E-state index contributed by atoms with van der Waals surface area (Å²) >= 11 is 0. The van der Waals surface area contributed by atoms with Gasteiger partial charge in [0, 0.05) is 0 Å². The fraction of sp³-hybridized carbons (Fsp3) is 0.917. The van der Waals surface area contributed by atoms with Gasteiger partial charge in [0.2, 0.25) is 0 Å². The number of hydrogen-bond donors (Lipinski definition) is 9. The van der Waals surface area contributed by atoms with E-state index in [0.717, 1.165) is 0 Å². The smallest absolute Gasteiger partial charge is 0.335 e. The first-order valence-electron chi connectivity index (χ1n) is 6.99. The maximum atomic E-state index is 10.7. The number of carbonyl (C=O) groups is 1. The fourth-order valence-electron chi connectivity index (χ4n) is 2.16. The van der Waals surface area contributed by atoms with Crippen LogP contribution in [-0.4, -0.2) is 120 Å². The lowest BCUT2D eigenvalue weighted by Gasteiger charge is -2.42. The minimum atomic E-state index is -2.39. The minimum Gasteiger partial charge on any atom is -0.479 e. The van der Waals surface area contributed by atoms with Crippen molar-refractivity contribution in [3.63, 3.8) is 0 Å². The van der Waals surface area contributed by atoms with E-state index in [0.29, 0.717) is 0 Å². The largest absolute Gasteiger partial charge is 0.479 e. The first-order valence-corrected chi connectivity index (χ1v) is 6.99. The second-order valence-electron chi connectivity index (χ2n) is 5.32. The van der Waals surface area contributed by atoms with Gasteiger partial charge in [0.1, 0.15) is 42.7 Å². The number of aliphatic hydroxyl groups excluding tert-OH is 8. The molecule has 24 heavy (non-hydrogen) atoms. The molecule has 9 atom stereocenters. The Kier molecular flexibility index (Phi) is 7.88. The predicted octanol–water partition coefficient (Wildman–Crippen LogP) is -5.67. The highest BCUT2D eigenvalue weighted by Crippen LogP contribution is 2.24. The third kappa shape index (κ3) is 4.58. The monoisotopic (exact) mass is 358 g/mol. The molecule has 0 saturated carbocycles. The molecule has 0 bridgehead atoms. The number of rotatable bonds is 8. The highest BCUT2D eigenvalue weighted by atomic mass is 16.7. The van der Waals surface area contributed by atoms with Crippen LogP contribution in [0, 0.1) is 0 Å². The number of ether oxygens (including phenoxy) is 2. The maximum absolute atomic E-state index is 10.7. The maximum Gasteiger partial charge on any atom is 0.335 e. The van der Waals surface area contributed by atoms with Gasteiger partial charge in [0.25, 0.3) is 0 Å². The van der Waals surface area contributed by atoms with Crippen LogP contribution in [0.25, 0.3) is 0 Å². The summed E-state index contributed by atoms with van der Waals surface area (Å²) in [6.45, 7) is -1.76. The molecule has 1 unspecified atom stereocenters. The van der Waals surface area contributed by atoms with Gasteiger partial charge in [-0.3, -0.25) is 0 Å². The molecule has 0 spiro atoms. The standard InChI is InChI=1S/C12H22O12/c13-1-3(15)10(7(18)8(19)11(21)22)24-12-9(20)6(17)5(16)4(2-14)23-12/h3-10,12-20H,1-2H2,(H,21,22)/t3-,4?,5+,6-,7-,8-,9-,10-,12+/m1/s1. The first-order chi connectivity index (χ1) is 11.1. The Bertz CT molecular complexity index is 403. The zero-order valence-electron chi connectivity index (χ0n) is 12.4. The summed E-state index contributed by atoms with van der Waals surface area (Å²) in [7, 11) is 0. The summed E-state index contributed by atoms with van der Waals surface area (Å²) in [5, 5.41) is 84.5. The zero-order valence-corrected chi connectivity index (χ0v) is 12.4. The van der Waals surface area contributed by atoms with Crippen LogP contribution in [0.1, 0.15) is 0 Å². The van der Waals surface area contributed by atoms with E-state index in [2.05, 4.69) is 0 Å². The summed E-state index contributed by atoms with van der Waals surface area (Å²) in [6.07, 6.45) is -16.9. The average Bonchev–Trinajstić information content (AvgIpc) is 2.57. The van der Waals surface area contributed by atoms with E-state index in [1.807, 2.05) is 0 Å². The Morgan fingerprint density at radius 1 is 1.04 bits per heavy atom. The lowest BCUT2D eigenvalue weighted by atomic mass is 9.98. The van der Waals surface area contributed by atoms with Crippen molar-refractivity contribution in [1.82, 2.24) is 0 Å². The Labute approximate surface area is 135 Å². The number of hydrogen-bond acceptors (Lipinski definition) is 11. The summed E-state index contributed by atoms with van der Waals surface area (Å²) in [6, 6.07) is 0. The molecule has 0 amide bonds. The first kappa shape index (κ1) is 21.1. The highest BCUT2D eigenvalue weighted by molar-refractivity contribution is 5.72. The molecule has 1 saturated heterocycles. The van der Waals surface area contributed by atoms with E-state index in [9.17, 15) is 35.4 Å². The number of carboxylic acid groups (broad SMARTS) is 1. The van der Waals surface area contributed by atoms with Crippen LogP contribution in [0.2, 0.25) is 0 Å². The van der Waals surface area contributed by atoms with E-state index < -0.39 is 74.3 Å². The molecule has 1 fully saturated rings. The molecule has 1 aliphatic heterocycles. The van der Waals surface area contributed by atoms with Gasteiger partial charge >= 0.3 is 5.97 Å². The van der Waals surface area contributed by atoms with Crippen LogP contribution in [0.5, 0.6) is 0 Å². The normalized spacial score (nSPS) is 35.9. The quantitative estimate of drug-likeness (QED) is 0.198. The van der Waals surface area contributed by atoms with Crippen LogP contribution >= 0.6 is 0 Å². The van der Waals surface area contributed by atoms with Crippen LogP contribution in [0.15, 0.2) is 0 Å². The third-order valence-electron chi connectivity index (χ3n) is 3.62. The number of carboxylic acids is 1. The molecular formula is C12H22O12. The average molecular weight is 358 g/mol. The van der Waals surface area contributed by atoms with Gasteiger partial charge in [0.15, 0.2) is 12.4 Å². The SMILES string of the molecule is O=C(O)[C@H](O)[C@@H](O)[C@H](O[C@@H]1OC(CO)[C@H](O)[C@@H](O)[C@H]1O)[C@H](O)CO. The van der Waals surface area contributed by atoms with Crippen molar-refractivity contribution in [3.05, 3.63) is 0 Å². The molecule has 0 aromatic heterocycles. The summed E-state index contributed by atoms with van der Waals surface area (Å²) in [5.41, 5.74) is 0. The van der Waals surface area contributed by atoms with Crippen molar-refractivity contribution in [1.29, 1.82) is 0 Å². The number of aliphatic hydroxyl groups is 8. The van der Waals surface area contributed by atoms with Crippen molar-refractivity contribution >= 4 is 5.97 Å². The third-order valence-corrected chi connectivity index (χ3v) is 3.62. The van der Waals surface area contributed by atoms with Gasteiger partial charge in [-0.15, -0.1) is 0 Å². The molecule has 1 rings (SSSR count). The van der Waals surface area contributed by atoms with E-state index >= 15 is 0 Å². The summed E-state index contributed by atoms with van der Waals surface area (Å²) in [4.78, 5) is 10.7. The molecule has 142 valence electrons. The molecule has 1 aliphatic rings. The molecule has 12 heteroatoms. The topological polar surface area (TPSA) is 218 Å². The van der Waals surface area contributed by atoms with Crippen LogP contribution in [-0.2, 0) is 14.3 Å². The van der Waals surface area contributed by atoms with Crippen LogP contribution < -0.4 is 0 Å². The van der Waals surface area contributed by atoms with Crippen LogP contribution in [0.4, 0.5) is 0 Å². The van der Waals surface area contributed by atoms with Crippen molar-refractivity contribution in [3.8, 4) is 0 Å². The molecule has 12 nitrogen and oxygen atoms in total. The molecule has 0 radical (unpaired) electrons. The minimum absolute atomic E-state index is 0.766. The van der Waals surface area contributed by atoms with Crippen LogP contribution in [0.3, 0.4) is 0 Å². The van der Waals surface area contributed by atoms with E-state index in [1.165, 1.54) is 0 Å². The highest BCUT2D eigenvalue weighted by Gasteiger charge is 2.47. The molecule has 0 aromatic rings. The fourth-order valence-corrected chi connectivity index (χ4v) is 2.16.